The van der Waals surface area contributed by atoms with E-state index in [0.717, 1.165) is 10.4 Å². The molecule has 30 heavy (non-hydrogen) atoms. The minimum atomic E-state index is -0.834. The molecule has 0 aliphatic rings. The topological polar surface area (TPSA) is 96.5 Å². The second-order valence-electron chi connectivity index (χ2n) is 6.30. The van der Waals surface area contributed by atoms with E-state index in [4.69, 9.17) is 4.74 Å². The zero-order chi connectivity index (χ0) is 21.3. The predicted octanol–water partition coefficient (Wildman–Crippen LogP) is 2.94. The lowest BCUT2D eigenvalue weighted by Crippen LogP contribution is -2.35. The Morgan fingerprint density at radius 3 is 2.50 bits per heavy atom. The van der Waals surface area contributed by atoms with Gasteiger partial charge in [0.15, 0.2) is 0 Å². The summed E-state index contributed by atoms with van der Waals surface area (Å²) >= 11 is 1.49. The average Bonchev–Trinajstić information content (AvgIpc) is 3.30. The van der Waals surface area contributed by atoms with Gasteiger partial charge in [-0.3, -0.25) is 14.4 Å². The van der Waals surface area contributed by atoms with E-state index in [1.165, 1.54) is 11.3 Å². The van der Waals surface area contributed by atoms with E-state index in [0.29, 0.717) is 12.3 Å². The number of amides is 3. The van der Waals surface area contributed by atoms with E-state index in [1.54, 1.807) is 31.4 Å². The molecule has 0 radical (unpaired) electrons. The first-order valence-corrected chi connectivity index (χ1v) is 10.1. The fourth-order valence-corrected chi connectivity index (χ4v) is 3.33. The van der Waals surface area contributed by atoms with Crippen LogP contribution in [0.4, 0.5) is 5.69 Å². The first-order valence-electron chi connectivity index (χ1n) is 9.18. The molecular formula is C22H21N3O4S. The third-order valence-electron chi connectivity index (χ3n) is 4.22. The average molecular weight is 423 g/mol. The molecule has 3 aromatic rings. The highest BCUT2D eigenvalue weighted by Gasteiger charge is 2.17. The van der Waals surface area contributed by atoms with Crippen LogP contribution in [-0.4, -0.2) is 24.8 Å². The minimum Gasteiger partial charge on any atom is -0.497 e. The van der Waals surface area contributed by atoms with Gasteiger partial charge in [0.25, 0.3) is 5.91 Å². The van der Waals surface area contributed by atoms with Crippen molar-refractivity contribution >= 4 is 34.7 Å². The van der Waals surface area contributed by atoms with Gasteiger partial charge in [0.1, 0.15) is 5.75 Å². The van der Waals surface area contributed by atoms with Crippen LogP contribution in [0.2, 0.25) is 0 Å². The number of benzene rings is 2. The van der Waals surface area contributed by atoms with Gasteiger partial charge in [-0.15, -0.1) is 11.3 Å². The Hall–Kier alpha value is -3.65. The molecule has 0 aliphatic carbocycles. The monoisotopic (exact) mass is 423 g/mol. The van der Waals surface area contributed by atoms with Crippen LogP contribution < -0.4 is 20.7 Å². The molecule has 8 heteroatoms. The van der Waals surface area contributed by atoms with E-state index < -0.39 is 11.8 Å². The second-order valence-corrected chi connectivity index (χ2v) is 7.33. The van der Waals surface area contributed by atoms with Gasteiger partial charge in [0, 0.05) is 11.4 Å². The number of nitrogens with one attached hydrogen (secondary N) is 3. The Kier molecular flexibility index (Phi) is 7.18. The van der Waals surface area contributed by atoms with Crippen LogP contribution in [-0.2, 0) is 22.7 Å². The molecule has 0 bridgehead atoms. The number of carbonyl (C=O) groups excluding carboxylic acids is 3. The van der Waals surface area contributed by atoms with Gasteiger partial charge in [-0.05, 0) is 41.3 Å². The summed E-state index contributed by atoms with van der Waals surface area (Å²) in [7, 11) is 1.58. The van der Waals surface area contributed by atoms with Gasteiger partial charge in [-0.2, -0.15) is 0 Å². The first kappa shape index (κ1) is 21.1. The number of hydrogen-bond acceptors (Lipinski definition) is 5. The number of para-hydroxylation sites is 1. The van der Waals surface area contributed by atoms with E-state index in [-0.39, 0.29) is 23.7 Å². The maximum atomic E-state index is 12.6. The van der Waals surface area contributed by atoms with E-state index >= 15 is 0 Å². The van der Waals surface area contributed by atoms with Crippen LogP contribution in [0.1, 0.15) is 20.8 Å². The molecule has 1 aromatic heterocycles. The molecule has 3 rings (SSSR count). The van der Waals surface area contributed by atoms with Gasteiger partial charge < -0.3 is 20.7 Å². The highest BCUT2D eigenvalue weighted by atomic mass is 32.1. The maximum Gasteiger partial charge on any atom is 0.313 e. The van der Waals surface area contributed by atoms with Crippen LogP contribution in [0.15, 0.2) is 66.0 Å². The van der Waals surface area contributed by atoms with Crippen LogP contribution in [0.5, 0.6) is 5.75 Å². The number of thiophene rings is 1. The normalized spacial score (nSPS) is 10.2. The highest BCUT2D eigenvalue weighted by molar-refractivity contribution is 7.09. The van der Waals surface area contributed by atoms with Gasteiger partial charge in [-0.1, -0.05) is 30.3 Å². The van der Waals surface area contributed by atoms with Crippen molar-refractivity contribution in [3.05, 3.63) is 82.0 Å². The molecule has 0 unspecified atom stereocenters. The third-order valence-corrected chi connectivity index (χ3v) is 5.09. The summed E-state index contributed by atoms with van der Waals surface area (Å²) in [5.41, 5.74) is 1.40. The Labute approximate surface area is 178 Å². The molecule has 0 aliphatic heterocycles. The summed E-state index contributed by atoms with van der Waals surface area (Å²) in [4.78, 5) is 37.9. The lowest BCUT2D eigenvalue weighted by atomic mass is 10.1. The fraction of sp³-hybridized carbons (Fsp3) is 0.136. The van der Waals surface area contributed by atoms with E-state index in [2.05, 4.69) is 16.0 Å². The summed E-state index contributed by atoms with van der Waals surface area (Å²) in [5.74, 6) is -1.27. The van der Waals surface area contributed by atoms with Crippen molar-refractivity contribution in [2.24, 2.45) is 0 Å². The summed E-state index contributed by atoms with van der Waals surface area (Å²) in [6.07, 6.45) is 0. The molecule has 154 valence electrons. The third kappa shape index (κ3) is 5.68. The summed E-state index contributed by atoms with van der Waals surface area (Å²) in [6, 6.07) is 17.6. The zero-order valence-electron chi connectivity index (χ0n) is 16.3. The van der Waals surface area contributed by atoms with Crippen LogP contribution in [0.25, 0.3) is 0 Å². The Morgan fingerprint density at radius 1 is 0.900 bits per heavy atom. The van der Waals surface area contributed by atoms with Gasteiger partial charge in [-0.25, -0.2) is 0 Å². The van der Waals surface area contributed by atoms with Crippen molar-refractivity contribution < 1.29 is 19.1 Å². The smallest absolute Gasteiger partial charge is 0.313 e. The van der Waals surface area contributed by atoms with Crippen molar-refractivity contribution in [1.82, 2.24) is 10.6 Å². The van der Waals surface area contributed by atoms with Gasteiger partial charge >= 0.3 is 11.8 Å². The summed E-state index contributed by atoms with van der Waals surface area (Å²) in [6.45, 7) is 0.562. The Balaban J connectivity index is 1.60. The molecule has 0 saturated heterocycles. The molecule has 0 atom stereocenters. The molecule has 2 aromatic carbocycles. The van der Waals surface area contributed by atoms with E-state index in [1.807, 2.05) is 41.8 Å². The summed E-state index contributed by atoms with van der Waals surface area (Å²) < 4.78 is 5.18. The van der Waals surface area contributed by atoms with Crippen molar-refractivity contribution in [1.29, 1.82) is 0 Å². The molecule has 7 nitrogen and oxygen atoms in total. The number of hydrogen-bond donors (Lipinski definition) is 3. The fourth-order valence-electron chi connectivity index (χ4n) is 2.69. The number of rotatable bonds is 7. The van der Waals surface area contributed by atoms with Crippen LogP contribution in [0, 0.1) is 0 Å². The second kappa shape index (κ2) is 10.2. The Morgan fingerprint density at radius 2 is 1.73 bits per heavy atom. The maximum absolute atomic E-state index is 12.6. The number of carbonyl (C=O) groups is 3. The largest absolute Gasteiger partial charge is 0.497 e. The van der Waals surface area contributed by atoms with Crippen molar-refractivity contribution in [3.63, 3.8) is 0 Å². The molecule has 1 heterocycles. The quantitative estimate of drug-likeness (QED) is 0.509. The lowest BCUT2D eigenvalue weighted by Gasteiger charge is -2.12. The van der Waals surface area contributed by atoms with Crippen molar-refractivity contribution in [3.8, 4) is 5.75 Å². The molecule has 3 amide bonds. The zero-order valence-corrected chi connectivity index (χ0v) is 17.1. The number of ether oxygens (including phenoxy) is 1. The number of methoxy groups -OCH3 is 1. The molecule has 0 fully saturated rings. The predicted molar refractivity (Wildman–Crippen MR) is 115 cm³/mol. The van der Waals surface area contributed by atoms with Crippen LogP contribution >= 0.6 is 11.3 Å². The first-order chi connectivity index (χ1) is 14.6. The van der Waals surface area contributed by atoms with E-state index in [9.17, 15) is 14.4 Å². The Bertz CT molecular complexity index is 1030. The minimum absolute atomic E-state index is 0.261. The molecule has 0 spiro atoms. The summed E-state index contributed by atoms with van der Waals surface area (Å²) in [5, 5.41) is 9.77. The molecule has 0 saturated carbocycles. The van der Waals surface area contributed by atoms with Crippen molar-refractivity contribution in [2.75, 3.05) is 12.4 Å². The standard InChI is InChI=1S/C22H21N3O4S/c1-29-16-7-4-6-15(12-16)13-23-20(26)18-9-2-3-10-19(18)25-22(28)21(27)24-14-17-8-5-11-30-17/h2-12H,13-14H2,1H3,(H,23,26)(H,24,27)(H,25,28). The number of anilines is 1. The van der Waals surface area contributed by atoms with Crippen molar-refractivity contribution in [2.45, 2.75) is 13.1 Å². The highest BCUT2D eigenvalue weighted by Crippen LogP contribution is 2.16. The SMILES string of the molecule is COc1cccc(CNC(=O)c2ccccc2NC(=O)C(=O)NCc2cccs2)c1. The molecular weight excluding hydrogens is 402 g/mol. The van der Waals surface area contributed by atoms with Gasteiger partial charge in [0.2, 0.25) is 0 Å². The van der Waals surface area contributed by atoms with Crippen LogP contribution in [0.3, 0.4) is 0 Å². The lowest BCUT2D eigenvalue weighted by molar-refractivity contribution is -0.136. The van der Waals surface area contributed by atoms with Gasteiger partial charge in [0.05, 0.1) is 24.9 Å². The molecule has 3 N–H and O–H groups in total.